The van der Waals surface area contributed by atoms with Crippen LogP contribution < -0.4 is 0 Å². The molecule has 0 fully saturated rings. The molecule has 0 unspecified atom stereocenters. The van der Waals surface area contributed by atoms with Crippen molar-refractivity contribution in [2.75, 3.05) is 0 Å². The second kappa shape index (κ2) is 2.42. The summed E-state index contributed by atoms with van der Waals surface area (Å²) in [4.78, 5) is 12.4. The Kier molecular flexibility index (Phi) is 1.35. The Labute approximate surface area is 79.6 Å². The number of aryl methyl sites for hydroxylation is 2. The van der Waals surface area contributed by atoms with Crippen LogP contribution in [0.4, 0.5) is 0 Å². The highest BCUT2D eigenvalue weighted by molar-refractivity contribution is 6.33. The fourth-order valence-electron chi connectivity index (χ4n) is 1.80. The molecule has 3 heterocycles. The van der Waals surface area contributed by atoms with E-state index in [1.165, 1.54) is 6.33 Å². The number of hydrogen-bond acceptors (Lipinski definition) is 3. The topological polar surface area (TPSA) is 43.6 Å². The highest BCUT2D eigenvalue weighted by Crippen LogP contribution is 2.25. The van der Waals surface area contributed by atoms with Crippen LogP contribution in [0.25, 0.3) is 11.2 Å². The van der Waals surface area contributed by atoms with E-state index in [2.05, 4.69) is 19.5 Å². The summed E-state index contributed by atoms with van der Waals surface area (Å²) in [6.07, 6.45) is 3.61. The molecule has 0 aromatic carbocycles. The lowest BCUT2D eigenvalue weighted by atomic mass is 10.4. The molecule has 0 N–H and O–H groups in total. The predicted octanol–water partition coefficient (Wildman–Crippen LogP) is 1.43. The molecule has 0 saturated heterocycles. The summed E-state index contributed by atoms with van der Waals surface area (Å²) in [6, 6.07) is 0. The molecule has 2 aromatic heterocycles. The molecule has 0 radical (unpaired) electrons. The van der Waals surface area contributed by atoms with Crippen LogP contribution in [-0.2, 0) is 13.0 Å². The zero-order valence-electron chi connectivity index (χ0n) is 6.87. The van der Waals surface area contributed by atoms with Gasteiger partial charge in [0, 0.05) is 13.0 Å². The third-order valence-electron chi connectivity index (χ3n) is 2.36. The summed E-state index contributed by atoms with van der Waals surface area (Å²) in [7, 11) is 0. The summed E-state index contributed by atoms with van der Waals surface area (Å²) < 4.78 is 2.11. The average molecular weight is 195 g/mol. The largest absolute Gasteiger partial charge is 0.324 e. The van der Waals surface area contributed by atoms with E-state index in [4.69, 9.17) is 11.6 Å². The van der Waals surface area contributed by atoms with E-state index in [-0.39, 0.29) is 0 Å². The minimum absolute atomic E-state index is 0.505. The molecule has 0 amide bonds. The molecule has 4 nitrogen and oxygen atoms in total. The van der Waals surface area contributed by atoms with Crippen LogP contribution in [0.5, 0.6) is 0 Å². The van der Waals surface area contributed by atoms with Crippen molar-refractivity contribution in [2.24, 2.45) is 0 Å². The SMILES string of the molecule is Clc1ncnc2nc3n(c12)CCC3. The maximum absolute atomic E-state index is 5.97. The first-order chi connectivity index (χ1) is 6.36. The normalized spacial score (nSPS) is 15.2. The third-order valence-corrected chi connectivity index (χ3v) is 2.63. The van der Waals surface area contributed by atoms with Crippen molar-refractivity contribution in [1.82, 2.24) is 19.5 Å². The Morgan fingerprint density at radius 3 is 3.23 bits per heavy atom. The van der Waals surface area contributed by atoms with Gasteiger partial charge in [0.1, 0.15) is 17.7 Å². The van der Waals surface area contributed by atoms with Gasteiger partial charge >= 0.3 is 0 Å². The molecule has 66 valence electrons. The molecule has 0 saturated carbocycles. The quantitative estimate of drug-likeness (QED) is 0.596. The molecule has 0 spiro atoms. The maximum Gasteiger partial charge on any atom is 0.182 e. The maximum atomic E-state index is 5.97. The van der Waals surface area contributed by atoms with Crippen molar-refractivity contribution in [2.45, 2.75) is 19.4 Å². The second-order valence-corrected chi connectivity index (χ2v) is 3.48. The van der Waals surface area contributed by atoms with Gasteiger partial charge in [-0.2, -0.15) is 0 Å². The zero-order valence-corrected chi connectivity index (χ0v) is 7.62. The number of fused-ring (bicyclic) bond motifs is 3. The molecule has 0 bridgehead atoms. The van der Waals surface area contributed by atoms with Crippen molar-refractivity contribution in [3.63, 3.8) is 0 Å². The van der Waals surface area contributed by atoms with Crippen molar-refractivity contribution < 1.29 is 0 Å². The third kappa shape index (κ3) is 0.891. The lowest BCUT2D eigenvalue weighted by Crippen LogP contribution is -1.93. The van der Waals surface area contributed by atoms with Gasteiger partial charge in [-0.15, -0.1) is 0 Å². The number of hydrogen-bond donors (Lipinski definition) is 0. The molecular weight excluding hydrogens is 188 g/mol. The van der Waals surface area contributed by atoms with Gasteiger partial charge in [-0.05, 0) is 6.42 Å². The summed E-state index contributed by atoms with van der Waals surface area (Å²) in [6.45, 7) is 0.985. The fourth-order valence-corrected chi connectivity index (χ4v) is 2.03. The Hall–Kier alpha value is -1.16. The van der Waals surface area contributed by atoms with Gasteiger partial charge in [0.05, 0.1) is 0 Å². The smallest absolute Gasteiger partial charge is 0.182 e. The molecule has 1 aliphatic rings. The first kappa shape index (κ1) is 7.26. The lowest BCUT2D eigenvalue weighted by molar-refractivity contribution is 0.770. The molecule has 3 rings (SSSR count). The molecule has 5 heteroatoms. The van der Waals surface area contributed by atoms with Crippen molar-refractivity contribution >= 4 is 22.8 Å². The van der Waals surface area contributed by atoms with Gasteiger partial charge < -0.3 is 4.57 Å². The minimum Gasteiger partial charge on any atom is -0.324 e. The van der Waals surface area contributed by atoms with E-state index in [1.54, 1.807) is 0 Å². The number of nitrogens with zero attached hydrogens (tertiary/aromatic N) is 4. The molecular formula is C8H7ClN4. The van der Waals surface area contributed by atoms with Crippen molar-refractivity contribution in [3.8, 4) is 0 Å². The number of aromatic nitrogens is 4. The van der Waals surface area contributed by atoms with Gasteiger partial charge in [-0.1, -0.05) is 11.6 Å². The van der Waals surface area contributed by atoms with Gasteiger partial charge in [-0.25, -0.2) is 15.0 Å². The minimum atomic E-state index is 0.505. The number of halogens is 1. The van der Waals surface area contributed by atoms with Crippen LogP contribution in [0, 0.1) is 0 Å². The first-order valence-corrected chi connectivity index (χ1v) is 4.59. The monoisotopic (exact) mass is 194 g/mol. The van der Waals surface area contributed by atoms with Crippen LogP contribution in [0.1, 0.15) is 12.2 Å². The standard InChI is InChI=1S/C8H7ClN4/c9-7-6-8(11-4-10-7)12-5-2-1-3-13(5)6/h4H,1-3H2. The Morgan fingerprint density at radius 2 is 2.31 bits per heavy atom. The van der Waals surface area contributed by atoms with Gasteiger partial charge in [0.2, 0.25) is 0 Å². The summed E-state index contributed by atoms with van der Waals surface area (Å²) in [5, 5.41) is 0.505. The van der Waals surface area contributed by atoms with E-state index < -0.39 is 0 Å². The van der Waals surface area contributed by atoms with Crippen LogP contribution in [-0.4, -0.2) is 19.5 Å². The average Bonchev–Trinajstić information content (AvgIpc) is 2.62. The molecule has 13 heavy (non-hydrogen) atoms. The van der Waals surface area contributed by atoms with Crippen LogP contribution in [0.3, 0.4) is 0 Å². The summed E-state index contributed by atoms with van der Waals surface area (Å²) >= 11 is 5.97. The predicted molar refractivity (Wildman–Crippen MR) is 48.7 cm³/mol. The number of imidazole rings is 1. The zero-order chi connectivity index (χ0) is 8.84. The first-order valence-electron chi connectivity index (χ1n) is 4.22. The van der Waals surface area contributed by atoms with E-state index >= 15 is 0 Å². The van der Waals surface area contributed by atoms with Crippen molar-refractivity contribution in [3.05, 3.63) is 17.3 Å². The molecule has 1 aliphatic heterocycles. The van der Waals surface area contributed by atoms with E-state index in [0.717, 1.165) is 36.4 Å². The summed E-state index contributed by atoms with van der Waals surface area (Å²) in [5.41, 5.74) is 1.60. The molecule has 0 aliphatic carbocycles. The van der Waals surface area contributed by atoms with Crippen LogP contribution in [0.2, 0.25) is 5.15 Å². The Balaban J connectivity index is 2.46. The van der Waals surface area contributed by atoms with Crippen molar-refractivity contribution in [1.29, 1.82) is 0 Å². The summed E-state index contributed by atoms with van der Waals surface area (Å²) in [5.74, 6) is 1.08. The van der Waals surface area contributed by atoms with E-state index in [0.29, 0.717) is 5.15 Å². The van der Waals surface area contributed by atoms with E-state index in [1.807, 2.05) is 0 Å². The number of rotatable bonds is 0. The Bertz CT molecular complexity index is 476. The molecule has 0 atom stereocenters. The van der Waals surface area contributed by atoms with Crippen LogP contribution in [0.15, 0.2) is 6.33 Å². The fraction of sp³-hybridized carbons (Fsp3) is 0.375. The highest BCUT2D eigenvalue weighted by Gasteiger charge is 2.18. The lowest BCUT2D eigenvalue weighted by Gasteiger charge is -1.97. The Morgan fingerprint density at radius 1 is 1.38 bits per heavy atom. The van der Waals surface area contributed by atoms with Gasteiger partial charge in [0.15, 0.2) is 10.8 Å². The van der Waals surface area contributed by atoms with E-state index in [9.17, 15) is 0 Å². The highest BCUT2D eigenvalue weighted by atomic mass is 35.5. The van der Waals surface area contributed by atoms with Gasteiger partial charge in [-0.3, -0.25) is 0 Å². The van der Waals surface area contributed by atoms with Crippen LogP contribution >= 0.6 is 11.6 Å². The second-order valence-electron chi connectivity index (χ2n) is 3.12. The van der Waals surface area contributed by atoms with Gasteiger partial charge in [0.25, 0.3) is 0 Å². The molecule has 2 aromatic rings.